The number of Topliss-reactive ketones (excluding diaryl/α,β-unsaturated/α-hetero) is 1. The van der Waals surface area contributed by atoms with Crippen molar-refractivity contribution in [1.82, 2.24) is 0 Å². The lowest BCUT2D eigenvalue weighted by Crippen LogP contribution is -2.35. The maximum absolute atomic E-state index is 13.7. The molecule has 0 heterocycles. The highest BCUT2D eigenvalue weighted by Gasteiger charge is 2.33. The van der Waals surface area contributed by atoms with Gasteiger partial charge in [0.05, 0.1) is 5.56 Å². The average Bonchev–Trinajstić information content (AvgIpc) is 2.39. The topological polar surface area (TPSA) is 43.1 Å². The molecule has 1 aliphatic rings. The summed E-state index contributed by atoms with van der Waals surface area (Å²) in [4.78, 5) is 12.3. The summed E-state index contributed by atoms with van der Waals surface area (Å²) in [5.41, 5.74) is 5.85. The van der Waals surface area contributed by atoms with Gasteiger partial charge in [-0.15, -0.1) is 0 Å². The number of hydrogen-bond acceptors (Lipinski definition) is 2. The normalized spacial score (nSPS) is 18.3. The molecule has 0 radical (unpaired) electrons. The first-order chi connectivity index (χ1) is 9.06. The Morgan fingerprint density at radius 1 is 1.32 bits per heavy atom. The third-order valence-corrected chi connectivity index (χ3v) is 4.35. The van der Waals surface area contributed by atoms with Crippen LogP contribution in [0, 0.1) is 11.2 Å². The Hall–Kier alpha value is -0.930. The van der Waals surface area contributed by atoms with Crippen LogP contribution >= 0.6 is 11.6 Å². The highest BCUT2D eigenvalue weighted by Crippen LogP contribution is 2.39. The fourth-order valence-electron chi connectivity index (χ4n) is 2.91. The molecule has 0 aromatic heterocycles. The van der Waals surface area contributed by atoms with E-state index in [9.17, 15) is 9.18 Å². The summed E-state index contributed by atoms with van der Waals surface area (Å²) < 4.78 is 13.7. The highest BCUT2D eigenvalue weighted by molar-refractivity contribution is 6.30. The van der Waals surface area contributed by atoms with E-state index in [4.69, 9.17) is 17.3 Å². The maximum atomic E-state index is 13.7. The van der Waals surface area contributed by atoms with Gasteiger partial charge in [-0.2, -0.15) is 0 Å². The van der Waals surface area contributed by atoms with Crippen LogP contribution in [0.4, 0.5) is 4.39 Å². The van der Waals surface area contributed by atoms with E-state index in [0.29, 0.717) is 18.0 Å². The first kappa shape index (κ1) is 14.5. The Kier molecular flexibility index (Phi) is 4.58. The van der Waals surface area contributed by atoms with Crippen molar-refractivity contribution in [2.75, 3.05) is 6.54 Å². The molecule has 0 aliphatic heterocycles. The van der Waals surface area contributed by atoms with Crippen LogP contribution in [-0.2, 0) is 0 Å². The van der Waals surface area contributed by atoms with Crippen LogP contribution in [-0.4, -0.2) is 12.3 Å². The second-order valence-electron chi connectivity index (χ2n) is 5.49. The Bertz CT molecular complexity index is 469. The van der Waals surface area contributed by atoms with Crippen molar-refractivity contribution < 1.29 is 9.18 Å². The van der Waals surface area contributed by atoms with E-state index in [2.05, 4.69) is 0 Å². The Morgan fingerprint density at radius 2 is 2.00 bits per heavy atom. The molecule has 2 rings (SSSR count). The van der Waals surface area contributed by atoms with Gasteiger partial charge in [-0.25, -0.2) is 4.39 Å². The number of ketones is 1. The van der Waals surface area contributed by atoms with Gasteiger partial charge < -0.3 is 5.73 Å². The van der Waals surface area contributed by atoms with Gasteiger partial charge in [0, 0.05) is 11.4 Å². The summed E-state index contributed by atoms with van der Waals surface area (Å²) in [5, 5.41) is 0.306. The number of carbonyl (C=O) groups is 1. The molecule has 4 heteroatoms. The monoisotopic (exact) mass is 283 g/mol. The first-order valence-electron chi connectivity index (χ1n) is 6.75. The van der Waals surface area contributed by atoms with Crippen molar-refractivity contribution in [3.63, 3.8) is 0 Å². The minimum Gasteiger partial charge on any atom is -0.330 e. The van der Waals surface area contributed by atoms with Crippen LogP contribution in [0.5, 0.6) is 0 Å². The Balaban J connectivity index is 2.15. The zero-order valence-electron chi connectivity index (χ0n) is 10.9. The van der Waals surface area contributed by atoms with Crippen LogP contribution in [0.1, 0.15) is 48.9 Å². The van der Waals surface area contributed by atoms with Crippen LogP contribution in [0.2, 0.25) is 5.02 Å². The quantitative estimate of drug-likeness (QED) is 0.850. The standard InChI is InChI=1S/C15H19ClFNO/c16-11-4-5-12(13(17)8-11)14(19)9-15(10-18)6-2-1-3-7-15/h4-5,8H,1-3,6-7,9-10,18H2. The van der Waals surface area contributed by atoms with Gasteiger partial charge in [0.25, 0.3) is 0 Å². The molecular formula is C15H19ClFNO. The minimum atomic E-state index is -0.541. The van der Waals surface area contributed by atoms with Crippen molar-refractivity contribution in [2.45, 2.75) is 38.5 Å². The van der Waals surface area contributed by atoms with Gasteiger partial charge in [-0.3, -0.25) is 4.79 Å². The second kappa shape index (κ2) is 6.02. The highest BCUT2D eigenvalue weighted by atomic mass is 35.5. The van der Waals surface area contributed by atoms with E-state index >= 15 is 0 Å². The van der Waals surface area contributed by atoms with E-state index in [0.717, 1.165) is 25.7 Å². The van der Waals surface area contributed by atoms with Crippen LogP contribution < -0.4 is 5.73 Å². The fourth-order valence-corrected chi connectivity index (χ4v) is 3.07. The predicted molar refractivity (Wildman–Crippen MR) is 74.9 cm³/mol. The molecule has 0 saturated heterocycles. The molecule has 2 N–H and O–H groups in total. The van der Waals surface area contributed by atoms with Gasteiger partial charge in [0.1, 0.15) is 5.82 Å². The number of rotatable bonds is 4. The third-order valence-electron chi connectivity index (χ3n) is 4.11. The van der Waals surface area contributed by atoms with E-state index in [1.807, 2.05) is 0 Å². The Morgan fingerprint density at radius 3 is 2.58 bits per heavy atom. The molecule has 1 saturated carbocycles. The molecule has 1 fully saturated rings. The number of halogens is 2. The summed E-state index contributed by atoms with van der Waals surface area (Å²) >= 11 is 5.70. The van der Waals surface area contributed by atoms with Crippen molar-refractivity contribution in [3.05, 3.63) is 34.6 Å². The van der Waals surface area contributed by atoms with Crippen molar-refractivity contribution in [1.29, 1.82) is 0 Å². The van der Waals surface area contributed by atoms with E-state index in [1.54, 1.807) is 6.07 Å². The zero-order valence-corrected chi connectivity index (χ0v) is 11.7. The first-order valence-corrected chi connectivity index (χ1v) is 7.12. The summed E-state index contributed by atoms with van der Waals surface area (Å²) in [6, 6.07) is 4.20. The van der Waals surface area contributed by atoms with E-state index < -0.39 is 5.82 Å². The van der Waals surface area contributed by atoms with Crippen molar-refractivity contribution in [3.8, 4) is 0 Å². The molecule has 19 heavy (non-hydrogen) atoms. The SMILES string of the molecule is NCC1(CC(=O)c2ccc(Cl)cc2F)CCCCC1. The second-order valence-corrected chi connectivity index (χ2v) is 5.93. The fraction of sp³-hybridized carbons (Fsp3) is 0.533. The van der Waals surface area contributed by atoms with Gasteiger partial charge in [-0.05, 0) is 43.0 Å². The van der Waals surface area contributed by atoms with Crippen molar-refractivity contribution in [2.24, 2.45) is 11.1 Å². The molecule has 1 aromatic carbocycles. The summed E-state index contributed by atoms with van der Waals surface area (Å²) in [6.07, 6.45) is 5.67. The smallest absolute Gasteiger partial charge is 0.166 e. The molecule has 2 nitrogen and oxygen atoms in total. The van der Waals surface area contributed by atoms with Gasteiger partial charge in [-0.1, -0.05) is 30.9 Å². The lowest BCUT2D eigenvalue weighted by molar-refractivity contribution is 0.0864. The van der Waals surface area contributed by atoms with E-state index in [1.165, 1.54) is 18.6 Å². The summed E-state index contributed by atoms with van der Waals surface area (Å²) in [5.74, 6) is -0.706. The maximum Gasteiger partial charge on any atom is 0.166 e. The van der Waals surface area contributed by atoms with Crippen LogP contribution in [0.3, 0.4) is 0 Å². The molecular weight excluding hydrogens is 265 g/mol. The number of carbonyl (C=O) groups excluding carboxylic acids is 1. The van der Waals surface area contributed by atoms with Gasteiger partial charge >= 0.3 is 0 Å². The largest absolute Gasteiger partial charge is 0.330 e. The number of benzene rings is 1. The molecule has 0 amide bonds. The van der Waals surface area contributed by atoms with Gasteiger partial charge in [0.2, 0.25) is 0 Å². The minimum absolute atomic E-state index is 0.128. The van der Waals surface area contributed by atoms with Crippen LogP contribution in [0.25, 0.3) is 0 Å². The summed E-state index contributed by atoms with van der Waals surface area (Å²) in [7, 11) is 0. The number of nitrogens with two attached hydrogens (primary N) is 1. The zero-order chi connectivity index (χ0) is 13.9. The molecule has 0 unspecified atom stereocenters. The molecule has 0 bridgehead atoms. The summed E-state index contributed by atoms with van der Waals surface area (Å²) in [6.45, 7) is 0.494. The number of hydrogen-bond donors (Lipinski definition) is 1. The predicted octanol–water partition coefficient (Wildman–Crippen LogP) is 3.96. The lowest BCUT2D eigenvalue weighted by Gasteiger charge is -2.35. The molecule has 0 spiro atoms. The average molecular weight is 284 g/mol. The van der Waals surface area contributed by atoms with Crippen LogP contribution in [0.15, 0.2) is 18.2 Å². The molecule has 1 aromatic rings. The van der Waals surface area contributed by atoms with Crippen molar-refractivity contribution >= 4 is 17.4 Å². The van der Waals surface area contributed by atoms with E-state index in [-0.39, 0.29) is 16.8 Å². The lowest BCUT2D eigenvalue weighted by atomic mass is 9.70. The molecule has 0 atom stereocenters. The molecule has 104 valence electrons. The third kappa shape index (κ3) is 3.34. The Labute approximate surface area is 118 Å². The van der Waals surface area contributed by atoms with Gasteiger partial charge in [0.15, 0.2) is 5.78 Å². The molecule has 1 aliphatic carbocycles.